The molecule has 1 aliphatic heterocycles. The molecule has 50 heavy (non-hydrogen) atoms. The van der Waals surface area contributed by atoms with Crippen LogP contribution in [0.3, 0.4) is 0 Å². The zero-order chi connectivity index (χ0) is 37.0. The summed E-state index contributed by atoms with van der Waals surface area (Å²) < 4.78 is 11.9. The van der Waals surface area contributed by atoms with Gasteiger partial charge in [-0.3, -0.25) is 14.4 Å². The first kappa shape index (κ1) is 40.6. The van der Waals surface area contributed by atoms with Crippen molar-refractivity contribution >= 4 is 29.4 Å². The molecule has 13 nitrogen and oxygen atoms in total. The molecule has 2 aromatic rings. The van der Waals surface area contributed by atoms with Crippen LogP contribution in [-0.4, -0.2) is 113 Å². The standard InChI is InChI=1S/C37H59N7O6/c1-9-24(4)33(43(6)36(48)32(23(2)3)42-37-39-16-12-17-40-37)30(49-7)21-31(46)44-18-11-15-29(44)34(50-8)25(5)35(47)41-28(22-45)20-26-13-10-14-27(38)19-26/h10,12-14,16-17,19,23-25,28-30,32-34,45H,9,11,15,18,20-22,38H2,1-8H3,(H,41,47)(H,39,40,42)/t24-,25+,28-,29-,30+,32-,33-,34+/m0/s1. The number of ether oxygens (including phenoxy) is 2. The fourth-order valence-electron chi connectivity index (χ4n) is 7.05. The minimum atomic E-state index is -0.600. The third-order valence-corrected chi connectivity index (χ3v) is 10.0. The van der Waals surface area contributed by atoms with Gasteiger partial charge in [-0.1, -0.05) is 53.2 Å². The van der Waals surface area contributed by atoms with Crippen molar-refractivity contribution in [2.45, 2.75) is 103 Å². The normalized spacial score (nSPS) is 18.8. The van der Waals surface area contributed by atoms with Crippen LogP contribution in [-0.2, 0) is 30.3 Å². The highest BCUT2D eigenvalue weighted by molar-refractivity contribution is 5.85. The molecule has 1 fully saturated rings. The van der Waals surface area contributed by atoms with E-state index < -0.39 is 30.2 Å². The topological polar surface area (TPSA) is 172 Å². The first-order chi connectivity index (χ1) is 23.9. The van der Waals surface area contributed by atoms with Crippen LogP contribution < -0.4 is 16.4 Å². The van der Waals surface area contributed by atoms with Crippen molar-refractivity contribution in [3.05, 3.63) is 48.3 Å². The molecular weight excluding hydrogens is 638 g/mol. The molecule has 1 saturated heterocycles. The van der Waals surface area contributed by atoms with E-state index >= 15 is 0 Å². The van der Waals surface area contributed by atoms with Crippen LogP contribution >= 0.6 is 0 Å². The van der Waals surface area contributed by atoms with Crippen molar-refractivity contribution in [1.29, 1.82) is 0 Å². The van der Waals surface area contributed by atoms with Gasteiger partial charge in [0.15, 0.2) is 0 Å². The Bertz CT molecular complexity index is 1360. The van der Waals surface area contributed by atoms with Crippen LogP contribution in [0.15, 0.2) is 42.7 Å². The Morgan fingerprint density at radius 3 is 2.38 bits per heavy atom. The number of hydrogen-bond donors (Lipinski definition) is 4. The minimum absolute atomic E-state index is 0.0269. The lowest BCUT2D eigenvalue weighted by atomic mass is 9.89. The Kier molecular flexibility index (Phi) is 15.9. The predicted molar refractivity (Wildman–Crippen MR) is 194 cm³/mol. The van der Waals surface area contributed by atoms with Crippen LogP contribution in [0.25, 0.3) is 0 Å². The number of likely N-dealkylation sites (N-methyl/N-ethyl adjacent to an activating group) is 1. The van der Waals surface area contributed by atoms with Crippen molar-refractivity contribution in [2.24, 2.45) is 17.8 Å². The lowest BCUT2D eigenvalue weighted by Crippen LogP contribution is -2.56. The largest absolute Gasteiger partial charge is 0.399 e. The summed E-state index contributed by atoms with van der Waals surface area (Å²) >= 11 is 0. The van der Waals surface area contributed by atoms with E-state index in [9.17, 15) is 19.5 Å². The van der Waals surface area contributed by atoms with Gasteiger partial charge in [-0.15, -0.1) is 0 Å². The third-order valence-electron chi connectivity index (χ3n) is 10.0. The molecule has 0 bridgehead atoms. The molecule has 0 saturated carbocycles. The fourth-order valence-corrected chi connectivity index (χ4v) is 7.05. The molecule has 3 amide bonds. The maximum absolute atomic E-state index is 14.1. The van der Waals surface area contributed by atoms with Gasteiger partial charge < -0.3 is 40.7 Å². The van der Waals surface area contributed by atoms with Crippen LogP contribution in [0.5, 0.6) is 0 Å². The van der Waals surface area contributed by atoms with Crippen LogP contribution in [0, 0.1) is 17.8 Å². The van der Waals surface area contributed by atoms with E-state index in [1.165, 1.54) is 0 Å². The Balaban J connectivity index is 1.74. The number of benzene rings is 1. The lowest BCUT2D eigenvalue weighted by molar-refractivity contribution is -0.146. The number of nitrogens with zero attached hydrogens (tertiary/aromatic N) is 4. The summed E-state index contributed by atoms with van der Waals surface area (Å²) in [5.74, 6) is -0.780. The molecule has 278 valence electrons. The second-order valence-corrected chi connectivity index (χ2v) is 13.9. The zero-order valence-corrected chi connectivity index (χ0v) is 31.0. The number of nitrogens with one attached hydrogen (secondary N) is 2. The molecule has 13 heteroatoms. The molecule has 0 radical (unpaired) electrons. The molecular formula is C37H59N7O6. The summed E-state index contributed by atoms with van der Waals surface area (Å²) in [4.78, 5) is 53.6. The number of rotatable bonds is 19. The van der Waals surface area contributed by atoms with E-state index in [1.54, 1.807) is 62.5 Å². The monoisotopic (exact) mass is 697 g/mol. The molecule has 3 rings (SSSR count). The number of aliphatic hydroxyl groups is 1. The van der Waals surface area contributed by atoms with Gasteiger partial charge in [0.05, 0.1) is 49.3 Å². The van der Waals surface area contributed by atoms with Gasteiger partial charge in [-0.2, -0.15) is 0 Å². The molecule has 1 aromatic heterocycles. The Hall–Kier alpha value is -3.81. The third kappa shape index (κ3) is 10.6. The molecule has 1 aromatic carbocycles. The average molecular weight is 698 g/mol. The quantitative estimate of drug-likeness (QED) is 0.160. The van der Waals surface area contributed by atoms with Crippen LogP contribution in [0.4, 0.5) is 11.6 Å². The maximum Gasteiger partial charge on any atom is 0.245 e. The molecule has 0 unspecified atom stereocenters. The van der Waals surface area contributed by atoms with Gasteiger partial charge in [0.2, 0.25) is 23.7 Å². The number of amides is 3. The van der Waals surface area contributed by atoms with Gasteiger partial charge in [-0.25, -0.2) is 9.97 Å². The van der Waals surface area contributed by atoms with Crippen molar-refractivity contribution < 1.29 is 29.0 Å². The van der Waals surface area contributed by atoms with Gasteiger partial charge in [0.25, 0.3) is 0 Å². The van der Waals surface area contributed by atoms with Crippen molar-refractivity contribution in [3.63, 3.8) is 0 Å². The molecule has 2 heterocycles. The highest BCUT2D eigenvalue weighted by Gasteiger charge is 2.43. The van der Waals surface area contributed by atoms with Gasteiger partial charge >= 0.3 is 0 Å². The van der Waals surface area contributed by atoms with Gasteiger partial charge in [-0.05, 0) is 54.9 Å². The van der Waals surface area contributed by atoms with Crippen LogP contribution in [0.2, 0.25) is 0 Å². The summed E-state index contributed by atoms with van der Waals surface area (Å²) in [6.07, 6.45) is 4.81. The second kappa shape index (κ2) is 19.5. The summed E-state index contributed by atoms with van der Waals surface area (Å²) in [5.41, 5.74) is 7.44. The van der Waals surface area contributed by atoms with Crippen molar-refractivity contribution in [3.8, 4) is 0 Å². The summed E-state index contributed by atoms with van der Waals surface area (Å²) in [6, 6.07) is 7.27. The highest BCUT2D eigenvalue weighted by atomic mass is 16.5. The molecule has 0 aliphatic carbocycles. The minimum Gasteiger partial charge on any atom is -0.399 e. The molecule has 0 spiro atoms. The first-order valence-corrected chi connectivity index (χ1v) is 17.8. The Morgan fingerprint density at radius 2 is 1.80 bits per heavy atom. The number of nitrogen functional groups attached to an aromatic ring is 1. The predicted octanol–water partition coefficient (Wildman–Crippen LogP) is 3.14. The molecule has 1 aliphatic rings. The molecule has 5 N–H and O–H groups in total. The number of likely N-dealkylation sites (tertiary alicyclic amines) is 1. The number of hydrogen-bond acceptors (Lipinski definition) is 10. The van der Waals surface area contributed by atoms with Crippen molar-refractivity contribution in [2.75, 3.05) is 45.5 Å². The number of methoxy groups -OCH3 is 2. The smallest absolute Gasteiger partial charge is 0.245 e. The number of aliphatic hydroxyl groups excluding tert-OH is 1. The maximum atomic E-state index is 14.1. The van der Waals surface area contributed by atoms with E-state index in [0.29, 0.717) is 31.0 Å². The van der Waals surface area contributed by atoms with E-state index in [1.807, 2.05) is 32.0 Å². The van der Waals surface area contributed by atoms with Crippen LogP contribution in [0.1, 0.15) is 65.9 Å². The first-order valence-electron chi connectivity index (χ1n) is 17.8. The number of anilines is 2. The SMILES string of the molecule is CC[C@H](C)[C@@H]([C@@H](CC(=O)N1CCC[C@H]1[C@H](OC)[C@@H](C)C(=O)N[C@H](CO)Cc1cccc(N)c1)OC)N(C)C(=O)[C@@H](Nc1ncccn1)C(C)C. The van der Waals surface area contributed by atoms with E-state index in [4.69, 9.17) is 15.2 Å². The van der Waals surface area contributed by atoms with Gasteiger partial charge in [0, 0.05) is 45.9 Å². The number of aromatic nitrogens is 2. The second-order valence-electron chi connectivity index (χ2n) is 13.9. The van der Waals surface area contributed by atoms with E-state index in [0.717, 1.165) is 18.4 Å². The number of carbonyl (C=O) groups is 3. The zero-order valence-electron chi connectivity index (χ0n) is 31.0. The average Bonchev–Trinajstić information content (AvgIpc) is 3.59. The summed E-state index contributed by atoms with van der Waals surface area (Å²) in [6.45, 7) is 10.1. The van der Waals surface area contributed by atoms with E-state index in [2.05, 4.69) is 34.4 Å². The van der Waals surface area contributed by atoms with Gasteiger partial charge in [0.1, 0.15) is 6.04 Å². The highest BCUT2D eigenvalue weighted by Crippen LogP contribution is 2.30. The van der Waals surface area contributed by atoms with Crippen molar-refractivity contribution in [1.82, 2.24) is 25.1 Å². The fraction of sp³-hybridized carbons (Fsp3) is 0.649. The Labute approximate surface area is 297 Å². The Morgan fingerprint density at radius 1 is 1.10 bits per heavy atom. The lowest BCUT2D eigenvalue weighted by Gasteiger charge is -2.40. The number of carbonyl (C=O) groups excluding carboxylic acids is 3. The summed E-state index contributed by atoms with van der Waals surface area (Å²) in [5, 5.41) is 16.2. The number of nitrogens with two attached hydrogens (primary N) is 1. The molecule has 8 atom stereocenters. The van der Waals surface area contributed by atoms with E-state index in [-0.39, 0.29) is 54.7 Å². The summed E-state index contributed by atoms with van der Waals surface area (Å²) in [7, 11) is 4.91.